The van der Waals surface area contributed by atoms with Crippen molar-refractivity contribution in [2.75, 3.05) is 0 Å². The minimum absolute atomic E-state index is 0.184. The molecule has 1 aromatic carbocycles. The topological polar surface area (TPSA) is 33.2 Å². The van der Waals surface area contributed by atoms with Crippen LogP contribution < -0.4 is 0 Å². The standard InChI is InChI=1S/C20H24N2O/c1-13(2)8-15(4)22-12-18-10-17(16-6-5-7-21-11-16)9-14(3)19(18)20(22)23/h5-7,9-11,13,15H,8,12H2,1-4H3. The number of nitrogens with zero attached hydrogens (tertiary/aromatic N) is 2. The second kappa shape index (κ2) is 6.15. The maximum Gasteiger partial charge on any atom is 0.255 e. The predicted molar refractivity (Wildman–Crippen MR) is 93.2 cm³/mol. The molecular weight excluding hydrogens is 284 g/mol. The van der Waals surface area contributed by atoms with E-state index in [1.54, 1.807) is 6.20 Å². The molecule has 0 saturated carbocycles. The van der Waals surface area contributed by atoms with E-state index in [-0.39, 0.29) is 11.9 Å². The van der Waals surface area contributed by atoms with Crippen molar-refractivity contribution in [3.8, 4) is 11.1 Å². The highest BCUT2D eigenvalue weighted by Crippen LogP contribution is 2.33. The molecule has 120 valence electrons. The Bertz CT molecular complexity index is 722. The lowest BCUT2D eigenvalue weighted by Gasteiger charge is -2.25. The number of hydrogen-bond donors (Lipinski definition) is 0. The lowest BCUT2D eigenvalue weighted by molar-refractivity contribution is 0.0698. The Morgan fingerprint density at radius 2 is 2.00 bits per heavy atom. The van der Waals surface area contributed by atoms with E-state index in [1.165, 1.54) is 0 Å². The highest BCUT2D eigenvalue weighted by atomic mass is 16.2. The van der Waals surface area contributed by atoms with Gasteiger partial charge >= 0.3 is 0 Å². The van der Waals surface area contributed by atoms with E-state index in [2.05, 4.69) is 44.0 Å². The van der Waals surface area contributed by atoms with Gasteiger partial charge in [-0.1, -0.05) is 26.0 Å². The van der Waals surface area contributed by atoms with Crippen LogP contribution in [0.4, 0.5) is 0 Å². The molecule has 3 nitrogen and oxygen atoms in total. The highest BCUT2D eigenvalue weighted by molar-refractivity contribution is 6.00. The van der Waals surface area contributed by atoms with Gasteiger partial charge in [-0.25, -0.2) is 0 Å². The van der Waals surface area contributed by atoms with Gasteiger partial charge in [-0.05, 0) is 55.0 Å². The van der Waals surface area contributed by atoms with Gasteiger partial charge in [0.15, 0.2) is 0 Å². The predicted octanol–water partition coefficient (Wildman–Crippen LogP) is 4.45. The summed E-state index contributed by atoms with van der Waals surface area (Å²) >= 11 is 0. The van der Waals surface area contributed by atoms with Crippen molar-refractivity contribution in [3.05, 3.63) is 53.3 Å². The van der Waals surface area contributed by atoms with Crippen molar-refractivity contribution in [1.82, 2.24) is 9.88 Å². The van der Waals surface area contributed by atoms with E-state index >= 15 is 0 Å². The zero-order valence-corrected chi connectivity index (χ0v) is 14.3. The normalized spacial score (nSPS) is 15.2. The number of carbonyl (C=O) groups excluding carboxylic acids is 1. The van der Waals surface area contributed by atoms with Crippen LogP contribution in [0.1, 0.15) is 48.7 Å². The SMILES string of the molecule is Cc1cc(-c2cccnc2)cc2c1C(=O)N(C(C)CC(C)C)C2. The van der Waals surface area contributed by atoms with Gasteiger partial charge in [0.2, 0.25) is 0 Å². The molecule has 0 spiro atoms. The molecule has 0 aliphatic carbocycles. The molecule has 1 atom stereocenters. The fourth-order valence-corrected chi connectivity index (χ4v) is 3.56. The van der Waals surface area contributed by atoms with Crippen LogP contribution in [0.3, 0.4) is 0 Å². The molecule has 0 radical (unpaired) electrons. The first-order valence-electron chi connectivity index (χ1n) is 8.32. The van der Waals surface area contributed by atoms with Gasteiger partial charge in [0.1, 0.15) is 0 Å². The Kier molecular flexibility index (Phi) is 4.20. The Labute approximate surface area is 138 Å². The van der Waals surface area contributed by atoms with Gasteiger partial charge < -0.3 is 4.90 Å². The van der Waals surface area contributed by atoms with Crippen LogP contribution in [-0.4, -0.2) is 21.8 Å². The zero-order valence-electron chi connectivity index (χ0n) is 14.3. The van der Waals surface area contributed by atoms with Crippen LogP contribution in [0.2, 0.25) is 0 Å². The number of fused-ring (bicyclic) bond motifs is 1. The third-order valence-electron chi connectivity index (χ3n) is 4.57. The van der Waals surface area contributed by atoms with E-state index in [0.717, 1.165) is 40.8 Å². The van der Waals surface area contributed by atoms with Gasteiger partial charge in [0, 0.05) is 36.1 Å². The fourth-order valence-electron chi connectivity index (χ4n) is 3.56. The van der Waals surface area contributed by atoms with Gasteiger partial charge in [-0.3, -0.25) is 9.78 Å². The summed E-state index contributed by atoms with van der Waals surface area (Å²) in [7, 11) is 0. The fraction of sp³-hybridized carbons (Fsp3) is 0.400. The molecule has 3 heteroatoms. The molecule has 1 aromatic heterocycles. The smallest absolute Gasteiger partial charge is 0.255 e. The number of aromatic nitrogens is 1. The van der Waals surface area contributed by atoms with Gasteiger partial charge in [-0.15, -0.1) is 0 Å². The molecule has 1 aliphatic rings. The summed E-state index contributed by atoms with van der Waals surface area (Å²) in [6.07, 6.45) is 4.69. The molecule has 0 bridgehead atoms. The van der Waals surface area contributed by atoms with Crippen LogP contribution >= 0.6 is 0 Å². The van der Waals surface area contributed by atoms with Gasteiger partial charge in [0.05, 0.1) is 0 Å². The van der Waals surface area contributed by atoms with E-state index in [0.29, 0.717) is 5.92 Å². The molecule has 1 unspecified atom stereocenters. The van der Waals surface area contributed by atoms with Crippen LogP contribution in [0.25, 0.3) is 11.1 Å². The average molecular weight is 308 g/mol. The number of benzene rings is 1. The van der Waals surface area contributed by atoms with Crippen molar-refractivity contribution < 1.29 is 4.79 Å². The van der Waals surface area contributed by atoms with Crippen molar-refractivity contribution in [1.29, 1.82) is 0 Å². The van der Waals surface area contributed by atoms with Gasteiger partial charge in [-0.2, -0.15) is 0 Å². The molecule has 0 saturated heterocycles. The zero-order chi connectivity index (χ0) is 16.6. The second-order valence-electron chi connectivity index (χ2n) is 6.98. The molecule has 23 heavy (non-hydrogen) atoms. The van der Waals surface area contributed by atoms with Crippen LogP contribution in [0.15, 0.2) is 36.7 Å². The average Bonchev–Trinajstić information content (AvgIpc) is 2.85. The van der Waals surface area contributed by atoms with Crippen LogP contribution in [0.5, 0.6) is 0 Å². The number of carbonyl (C=O) groups is 1. The summed E-state index contributed by atoms with van der Waals surface area (Å²) in [5.74, 6) is 0.775. The molecule has 1 aliphatic heterocycles. The van der Waals surface area contributed by atoms with Crippen molar-refractivity contribution in [2.24, 2.45) is 5.92 Å². The summed E-state index contributed by atoms with van der Waals surface area (Å²) in [4.78, 5) is 19.0. The molecule has 3 rings (SSSR count). The van der Waals surface area contributed by atoms with E-state index in [9.17, 15) is 4.79 Å². The molecule has 0 N–H and O–H groups in total. The number of pyridine rings is 1. The minimum atomic E-state index is 0.184. The first-order chi connectivity index (χ1) is 11.0. The van der Waals surface area contributed by atoms with Crippen molar-refractivity contribution in [2.45, 2.75) is 46.7 Å². The Morgan fingerprint density at radius 3 is 2.65 bits per heavy atom. The lowest BCUT2D eigenvalue weighted by Crippen LogP contribution is -2.34. The van der Waals surface area contributed by atoms with E-state index in [4.69, 9.17) is 0 Å². The second-order valence-corrected chi connectivity index (χ2v) is 6.98. The molecule has 0 fully saturated rings. The highest BCUT2D eigenvalue weighted by Gasteiger charge is 2.32. The van der Waals surface area contributed by atoms with Crippen molar-refractivity contribution >= 4 is 5.91 Å². The molecule has 2 heterocycles. The maximum atomic E-state index is 12.8. The number of aryl methyl sites for hydroxylation is 1. The maximum absolute atomic E-state index is 12.8. The first kappa shape index (κ1) is 15.7. The summed E-state index contributed by atoms with van der Waals surface area (Å²) < 4.78 is 0. The summed E-state index contributed by atoms with van der Waals surface area (Å²) in [6.45, 7) is 9.32. The minimum Gasteiger partial charge on any atom is -0.332 e. The Morgan fingerprint density at radius 1 is 1.22 bits per heavy atom. The largest absolute Gasteiger partial charge is 0.332 e. The number of hydrogen-bond acceptors (Lipinski definition) is 2. The summed E-state index contributed by atoms with van der Waals surface area (Å²) in [5, 5.41) is 0. The summed E-state index contributed by atoms with van der Waals surface area (Å²) in [5.41, 5.74) is 5.34. The van der Waals surface area contributed by atoms with E-state index < -0.39 is 0 Å². The quantitative estimate of drug-likeness (QED) is 0.836. The number of amides is 1. The third kappa shape index (κ3) is 3.00. The molecule has 2 aromatic rings. The van der Waals surface area contributed by atoms with Crippen LogP contribution in [0, 0.1) is 12.8 Å². The molecular formula is C20H24N2O. The summed E-state index contributed by atoms with van der Waals surface area (Å²) in [6, 6.07) is 8.53. The van der Waals surface area contributed by atoms with Crippen molar-refractivity contribution in [3.63, 3.8) is 0 Å². The number of rotatable bonds is 4. The Hall–Kier alpha value is -2.16. The Balaban J connectivity index is 1.94. The van der Waals surface area contributed by atoms with Crippen LogP contribution in [-0.2, 0) is 6.54 Å². The van der Waals surface area contributed by atoms with Gasteiger partial charge in [0.25, 0.3) is 5.91 Å². The third-order valence-corrected chi connectivity index (χ3v) is 4.57. The monoisotopic (exact) mass is 308 g/mol. The first-order valence-corrected chi connectivity index (χ1v) is 8.32. The van der Waals surface area contributed by atoms with E-state index in [1.807, 2.05) is 24.1 Å². The molecule has 1 amide bonds. The lowest BCUT2D eigenvalue weighted by atomic mass is 9.97.